The molecule has 0 spiro atoms. The zero-order valence-electron chi connectivity index (χ0n) is 9.08. The molecule has 88 valence electrons. The summed E-state index contributed by atoms with van der Waals surface area (Å²) in [5.74, 6) is 0.575. The van der Waals surface area contributed by atoms with Crippen LogP contribution in [0.15, 0.2) is 18.2 Å². The topological polar surface area (TPSA) is 18.5 Å². The summed E-state index contributed by atoms with van der Waals surface area (Å²) in [5.41, 5.74) is 0.708. The van der Waals surface area contributed by atoms with Gasteiger partial charge in [0.1, 0.15) is 11.6 Å². The largest absolute Gasteiger partial charge is 0.496 e. The summed E-state index contributed by atoms with van der Waals surface area (Å²) in [4.78, 5) is 0. The fourth-order valence-corrected chi connectivity index (χ4v) is 2.33. The van der Waals surface area contributed by atoms with Crippen molar-refractivity contribution in [2.45, 2.75) is 11.8 Å². The van der Waals surface area contributed by atoms with Gasteiger partial charge in [0.15, 0.2) is 0 Å². The zero-order chi connectivity index (χ0) is 11.5. The Kier molecular flexibility index (Phi) is 3.66. The van der Waals surface area contributed by atoms with E-state index in [0.29, 0.717) is 17.9 Å². The van der Waals surface area contributed by atoms with Gasteiger partial charge in [0, 0.05) is 18.1 Å². The lowest BCUT2D eigenvalue weighted by Gasteiger charge is -2.18. The third-order valence-electron chi connectivity index (χ3n) is 2.87. The van der Waals surface area contributed by atoms with Crippen LogP contribution in [0.5, 0.6) is 5.75 Å². The highest BCUT2D eigenvalue weighted by Gasteiger charge is 2.27. The van der Waals surface area contributed by atoms with Crippen molar-refractivity contribution in [2.24, 2.45) is 5.92 Å². The van der Waals surface area contributed by atoms with Gasteiger partial charge >= 0.3 is 0 Å². The SMILES string of the molecule is COc1ccc(F)cc1C(Cl)C1CCOC1. The number of ether oxygens (including phenoxy) is 2. The minimum atomic E-state index is -0.291. The number of methoxy groups -OCH3 is 1. The molecule has 1 aromatic carbocycles. The van der Waals surface area contributed by atoms with Crippen LogP contribution in [0, 0.1) is 11.7 Å². The lowest BCUT2D eigenvalue weighted by Crippen LogP contribution is -2.09. The predicted octanol–water partition coefficient (Wildman–Crippen LogP) is 3.15. The summed E-state index contributed by atoms with van der Waals surface area (Å²) in [6.07, 6.45) is 0.911. The van der Waals surface area contributed by atoms with Gasteiger partial charge in [0.05, 0.1) is 19.1 Å². The van der Waals surface area contributed by atoms with Gasteiger partial charge in [-0.25, -0.2) is 4.39 Å². The molecule has 2 atom stereocenters. The third-order valence-corrected chi connectivity index (χ3v) is 3.46. The molecule has 2 rings (SSSR count). The van der Waals surface area contributed by atoms with Crippen molar-refractivity contribution in [1.29, 1.82) is 0 Å². The van der Waals surface area contributed by atoms with Crippen LogP contribution >= 0.6 is 11.6 Å². The van der Waals surface area contributed by atoms with Crippen LogP contribution in [0.2, 0.25) is 0 Å². The zero-order valence-corrected chi connectivity index (χ0v) is 9.84. The molecule has 1 fully saturated rings. The molecule has 2 unspecified atom stereocenters. The van der Waals surface area contributed by atoms with E-state index in [1.165, 1.54) is 12.1 Å². The predicted molar refractivity (Wildman–Crippen MR) is 60.5 cm³/mol. The second-order valence-corrected chi connectivity index (χ2v) is 4.38. The minimum Gasteiger partial charge on any atom is -0.496 e. The van der Waals surface area contributed by atoms with Crippen molar-refractivity contribution in [3.05, 3.63) is 29.6 Å². The molecule has 0 aliphatic carbocycles. The molecule has 4 heteroatoms. The summed E-state index contributed by atoms with van der Waals surface area (Å²) in [5, 5.41) is -0.256. The Morgan fingerprint density at radius 3 is 3.00 bits per heavy atom. The molecule has 0 aromatic heterocycles. The lowest BCUT2D eigenvalue weighted by molar-refractivity contribution is 0.185. The van der Waals surface area contributed by atoms with Crippen molar-refractivity contribution >= 4 is 11.6 Å². The third kappa shape index (κ3) is 2.30. The van der Waals surface area contributed by atoms with Crippen LogP contribution < -0.4 is 4.74 Å². The van der Waals surface area contributed by atoms with Crippen molar-refractivity contribution in [1.82, 2.24) is 0 Å². The van der Waals surface area contributed by atoms with E-state index in [1.807, 2.05) is 0 Å². The molecule has 1 aliphatic rings. The van der Waals surface area contributed by atoms with Crippen LogP contribution in [0.1, 0.15) is 17.4 Å². The van der Waals surface area contributed by atoms with Crippen LogP contribution in [0.4, 0.5) is 4.39 Å². The van der Waals surface area contributed by atoms with E-state index in [9.17, 15) is 4.39 Å². The van der Waals surface area contributed by atoms with Gasteiger partial charge < -0.3 is 9.47 Å². The first-order chi connectivity index (χ1) is 7.72. The van der Waals surface area contributed by atoms with Gasteiger partial charge in [-0.15, -0.1) is 11.6 Å². The van der Waals surface area contributed by atoms with Gasteiger partial charge in [-0.2, -0.15) is 0 Å². The van der Waals surface area contributed by atoms with Gasteiger partial charge in [0.25, 0.3) is 0 Å². The summed E-state index contributed by atoms with van der Waals surface area (Å²) in [6, 6.07) is 4.42. The highest BCUT2D eigenvalue weighted by atomic mass is 35.5. The second-order valence-electron chi connectivity index (χ2n) is 3.91. The number of rotatable bonds is 3. The molecule has 16 heavy (non-hydrogen) atoms. The van der Waals surface area contributed by atoms with Crippen LogP contribution in [-0.4, -0.2) is 20.3 Å². The van der Waals surface area contributed by atoms with Crippen LogP contribution in [-0.2, 0) is 4.74 Å². The highest BCUT2D eigenvalue weighted by Crippen LogP contribution is 2.38. The molecular weight excluding hydrogens is 231 g/mol. The van der Waals surface area contributed by atoms with E-state index in [0.717, 1.165) is 13.0 Å². The Morgan fingerprint density at radius 1 is 1.56 bits per heavy atom. The first kappa shape index (κ1) is 11.7. The molecule has 1 aliphatic heterocycles. The van der Waals surface area contributed by atoms with Gasteiger partial charge in [-0.1, -0.05) is 0 Å². The molecule has 0 amide bonds. The van der Waals surface area contributed by atoms with Gasteiger partial charge in [-0.3, -0.25) is 0 Å². The van der Waals surface area contributed by atoms with Crippen molar-refractivity contribution in [3.63, 3.8) is 0 Å². The molecule has 1 aromatic rings. The molecule has 0 radical (unpaired) electrons. The number of halogens is 2. The number of benzene rings is 1. The molecule has 0 saturated carbocycles. The maximum absolute atomic E-state index is 13.2. The second kappa shape index (κ2) is 5.02. The first-order valence-corrected chi connectivity index (χ1v) is 5.71. The normalized spacial score (nSPS) is 22.1. The maximum Gasteiger partial charge on any atom is 0.123 e. The standard InChI is InChI=1S/C12H14ClFO2/c1-15-11-3-2-9(14)6-10(11)12(13)8-4-5-16-7-8/h2-3,6,8,12H,4-5,7H2,1H3. The molecular formula is C12H14ClFO2. The number of alkyl halides is 1. The minimum absolute atomic E-state index is 0.234. The van der Waals surface area contributed by atoms with E-state index in [1.54, 1.807) is 13.2 Å². The molecule has 0 bridgehead atoms. The Labute approximate surface area is 99.3 Å². The number of hydrogen-bond donors (Lipinski definition) is 0. The lowest BCUT2D eigenvalue weighted by atomic mass is 9.97. The van der Waals surface area contributed by atoms with E-state index < -0.39 is 0 Å². The monoisotopic (exact) mass is 244 g/mol. The summed E-state index contributed by atoms with van der Waals surface area (Å²) >= 11 is 6.34. The maximum atomic E-state index is 13.2. The quantitative estimate of drug-likeness (QED) is 0.761. The van der Waals surface area contributed by atoms with E-state index in [-0.39, 0.29) is 17.1 Å². The van der Waals surface area contributed by atoms with Crippen LogP contribution in [0.25, 0.3) is 0 Å². The smallest absolute Gasteiger partial charge is 0.123 e. The Morgan fingerprint density at radius 2 is 2.38 bits per heavy atom. The molecule has 2 nitrogen and oxygen atoms in total. The molecule has 0 N–H and O–H groups in total. The van der Waals surface area contributed by atoms with Crippen molar-refractivity contribution in [3.8, 4) is 5.75 Å². The Hall–Kier alpha value is -0.800. The van der Waals surface area contributed by atoms with Crippen molar-refractivity contribution in [2.75, 3.05) is 20.3 Å². The fourth-order valence-electron chi connectivity index (χ4n) is 1.96. The summed E-state index contributed by atoms with van der Waals surface area (Å²) < 4.78 is 23.7. The first-order valence-electron chi connectivity index (χ1n) is 5.27. The average Bonchev–Trinajstić information content (AvgIpc) is 2.81. The number of hydrogen-bond acceptors (Lipinski definition) is 2. The highest BCUT2D eigenvalue weighted by molar-refractivity contribution is 6.21. The van der Waals surface area contributed by atoms with E-state index in [4.69, 9.17) is 21.1 Å². The average molecular weight is 245 g/mol. The summed E-state index contributed by atoms with van der Waals surface area (Å²) in [6.45, 7) is 1.36. The van der Waals surface area contributed by atoms with Crippen LogP contribution in [0.3, 0.4) is 0 Å². The molecule has 1 heterocycles. The fraction of sp³-hybridized carbons (Fsp3) is 0.500. The Bertz CT molecular complexity index is 364. The Balaban J connectivity index is 2.26. The summed E-state index contributed by atoms with van der Waals surface area (Å²) in [7, 11) is 1.56. The molecule has 1 saturated heterocycles. The van der Waals surface area contributed by atoms with E-state index >= 15 is 0 Å². The van der Waals surface area contributed by atoms with Gasteiger partial charge in [-0.05, 0) is 24.6 Å². The van der Waals surface area contributed by atoms with Gasteiger partial charge in [0.2, 0.25) is 0 Å². The van der Waals surface area contributed by atoms with E-state index in [2.05, 4.69) is 0 Å². The van der Waals surface area contributed by atoms with Crippen molar-refractivity contribution < 1.29 is 13.9 Å².